The maximum atomic E-state index is 10.8. The molecule has 0 aromatic rings. The van der Waals surface area contributed by atoms with Gasteiger partial charge in [0.15, 0.2) is 0 Å². The van der Waals surface area contributed by atoms with Crippen molar-refractivity contribution in [3.05, 3.63) is 0 Å². The Hall–Kier alpha value is -0.610. The summed E-state index contributed by atoms with van der Waals surface area (Å²) >= 11 is 0. The van der Waals surface area contributed by atoms with E-state index in [4.69, 9.17) is 5.73 Å². The summed E-state index contributed by atoms with van der Waals surface area (Å²) in [6.45, 7) is 10.7. The lowest BCUT2D eigenvalue weighted by Crippen LogP contribution is -2.40. The molecule has 0 heterocycles. The highest BCUT2D eigenvalue weighted by Gasteiger charge is 2.11. The summed E-state index contributed by atoms with van der Waals surface area (Å²) in [4.78, 5) is 12.9. The van der Waals surface area contributed by atoms with Crippen molar-refractivity contribution in [3.8, 4) is 0 Å². The van der Waals surface area contributed by atoms with E-state index >= 15 is 0 Å². The Balaban J connectivity index is 3.71. The maximum Gasteiger partial charge on any atom is 0.231 e. The van der Waals surface area contributed by atoms with E-state index in [9.17, 15) is 4.79 Å². The van der Waals surface area contributed by atoms with Crippen LogP contribution in [0.15, 0.2) is 0 Å². The molecule has 3 N–H and O–H groups in total. The first-order valence-corrected chi connectivity index (χ1v) is 5.69. The van der Waals surface area contributed by atoms with Crippen LogP contribution < -0.4 is 11.1 Å². The van der Waals surface area contributed by atoms with Crippen LogP contribution in [0, 0.1) is 0 Å². The van der Waals surface area contributed by atoms with Gasteiger partial charge in [0.05, 0.1) is 6.54 Å². The molecular weight excluding hydrogens is 190 g/mol. The Kier molecular flexibility index (Phi) is 7.34. The van der Waals surface area contributed by atoms with Gasteiger partial charge in [0, 0.05) is 18.6 Å². The molecule has 0 radical (unpaired) electrons. The van der Waals surface area contributed by atoms with Crippen molar-refractivity contribution in [2.75, 3.05) is 19.6 Å². The lowest BCUT2D eigenvalue weighted by molar-refractivity contribution is -0.119. The van der Waals surface area contributed by atoms with Gasteiger partial charge >= 0.3 is 0 Å². The van der Waals surface area contributed by atoms with Gasteiger partial charge in [-0.2, -0.15) is 0 Å². The number of carbonyl (C=O) groups is 1. The SMILES string of the molecule is CC(C)NCCCN(CC(N)=O)C(C)C. The van der Waals surface area contributed by atoms with Crippen LogP contribution in [0.5, 0.6) is 0 Å². The first kappa shape index (κ1) is 14.4. The molecule has 0 aromatic heterocycles. The van der Waals surface area contributed by atoms with Gasteiger partial charge in [-0.15, -0.1) is 0 Å². The lowest BCUT2D eigenvalue weighted by atomic mass is 10.2. The van der Waals surface area contributed by atoms with E-state index in [0.29, 0.717) is 18.6 Å². The fourth-order valence-corrected chi connectivity index (χ4v) is 1.39. The third-order valence-electron chi connectivity index (χ3n) is 2.26. The average molecular weight is 215 g/mol. The van der Waals surface area contributed by atoms with Crippen LogP contribution in [-0.4, -0.2) is 42.5 Å². The van der Waals surface area contributed by atoms with E-state index in [0.717, 1.165) is 19.5 Å². The number of rotatable bonds is 8. The third-order valence-corrected chi connectivity index (χ3v) is 2.26. The molecule has 4 heteroatoms. The molecule has 0 aliphatic heterocycles. The molecule has 0 unspecified atom stereocenters. The van der Waals surface area contributed by atoms with Crippen molar-refractivity contribution in [2.45, 2.75) is 46.2 Å². The molecule has 0 aromatic carbocycles. The van der Waals surface area contributed by atoms with Crippen LogP contribution in [-0.2, 0) is 4.79 Å². The van der Waals surface area contributed by atoms with Gasteiger partial charge in [-0.25, -0.2) is 0 Å². The molecule has 90 valence electrons. The number of nitrogens with zero attached hydrogens (tertiary/aromatic N) is 1. The predicted molar refractivity (Wildman–Crippen MR) is 63.7 cm³/mol. The van der Waals surface area contributed by atoms with Crippen LogP contribution in [0.1, 0.15) is 34.1 Å². The number of nitrogens with two attached hydrogens (primary N) is 1. The van der Waals surface area contributed by atoms with Crippen molar-refractivity contribution in [1.29, 1.82) is 0 Å². The van der Waals surface area contributed by atoms with Gasteiger partial charge in [-0.1, -0.05) is 13.8 Å². The molecular formula is C11H25N3O. The second kappa shape index (κ2) is 7.65. The lowest BCUT2D eigenvalue weighted by Gasteiger charge is -2.25. The van der Waals surface area contributed by atoms with E-state index < -0.39 is 0 Å². The fraction of sp³-hybridized carbons (Fsp3) is 0.909. The van der Waals surface area contributed by atoms with E-state index in [-0.39, 0.29) is 5.91 Å². The number of primary amides is 1. The van der Waals surface area contributed by atoms with Crippen LogP contribution >= 0.6 is 0 Å². The minimum absolute atomic E-state index is 0.250. The Morgan fingerprint density at radius 2 is 1.93 bits per heavy atom. The maximum absolute atomic E-state index is 10.8. The zero-order valence-corrected chi connectivity index (χ0v) is 10.4. The van der Waals surface area contributed by atoms with Gasteiger partial charge in [0.2, 0.25) is 5.91 Å². The first-order chi connectivity index (χ1) is 6.93. The van der Waals surface area contributed by atoms with Crippen molar-refractivity contribution < 1.29 is 4.79 Å². The summed E-state index contributed by atoms with van der Waals surface area (Å²) < 4.78 is 0. The number of amides is 1. The number of hydrogen-bond acceptors (Lipinski definition) is 3. The number of hydrogen-bond donors (Lipinski definition) is 2. The molecule has 0 spiro atoms. The summed E-state index contributed by atoms with van der Waals surface area (Å²) in [5.74, 6) is -0.250. The van der Waals surface area contributed by atoms with Crippen LogP contribution in [0.2, 0.25) is 0 Å². The van der Waals surface area contributed by atoms with Crippen molar-refractivity contribution in [1.82, 2.24) is 10.2 Å². The summed E-state index contributed by atoms with van der Waals surface area (Å²) in [5.41, 5.74) is 5.19. The topological polar surface area (TPSA) is 58.4 Å². The zero-order valence-electron chi connectivity index (χ0n) is 10.4. The molecule has 1 amide bonds. The fourth-order valence-electron chi connectivity index (χ4n) is 1.39. The summed E-state index contributed by atoms with van der Waals surface area (Å²) in [7, 11) is 0. The largest absolute Gasteiger partial charge is 0.369 e. The highest BCUT2D eigenvalue weighted by atomic mass is 16.1. The smallest absolute Gasteiger partial charge is 0.231 e. The molecule has 0 aliphatic carbocycles. The Labute approximate surface area is 93.2 Å². The van der Waals surface area contributed by atoms with Gasteiger partial charge in [0.1, 0.15) is 0 Å². The van der Waals surface area contributed by atoms with E-state index in [1.165, 1.54) is 0 Å². The first-order valence-electron chi connectivity index (χ1n) is 5.69. The molecule has 0 aliphatic rings. The third kappa shape index (κ3) is 8.39. The average Bonchev–Trinajstić information content (AvgIpc) is 2.08. The van der Waals surface area contributed by atoms with E-state index in [1.807, 2.05) is 0 Å². The van der Waals surface area contributed by atoms with Crippen molar-refractivity contribution in [3.63, 3.8) is 0 Å². The normalized spacial score (nSPS) is 11.7. The van der Waals surface area contributed by atoms with Crippen LogP contribution in [0.3, 0.4) is 0 Å². The molecule has 0 saturated heterocycles. The highest BCUT2D eigenvalue weighted by Crippen LogP contribution is 1.98. The Morgan fingerprint density at radius 3 is 2.33 bits per heavy atom. The molecule has 0 atom stereocenters. The van der Waals surface area contributed by atoms with Gasteiger partial charge in [0.25, 0.3) is 0 Å². The minimum atomic E-state index is -0.250. The molecule has 4 nitrogen and oxygen atoms in total. The molecule has 0 fully saturated rings. The molecule has 0 saturated carbocycles. The van der Waals surface area contributed by atoms with Crippen molar-refractivity contribution in [2.24, 2.45) is 5.73 Å². The molecule has 15 heavy (non-hydrogen) atoms. The van der Waals surface area contributed by atoms with Gasteiger partial charge in [-0.3, -0.25) is 9.69 Å². The molecule has 0 rings (SSSR count). The quantitative estimate of drug-likeness (QED) is 0.582. The van der Waals surface area contributed by atoms with E-state index in [1.54, 1.807) is 0 Å². The Bertz CT molecular complexity index is 181. The minimum Gasteiger partial charge on any atom is -0.369 e. The zero-order chi connectivity index (χ0) is 11.8. The standard InChI is InChI=1S/C11H25N3O/c1-9(2)13-6-5-7-14(10(3)4)8-11(12)15/h9-10,13H,5-8H2,1-4H3,(H2,12,15). The van der Waals surface area contributed by atoms with Gasteiger partial charge < -0.3 is 11.1 Å². The second-order valence-corrected chi connectivity index (χ2v) is 4.49. The highest BCUT2D eigenvalue weighted by molar-refractivity contribution is 5.75. The summed E-state index contributed by atoms with van der Waals surface area (Å²) in [5, 5.41) is 3.35. The summed E-state index contributed by atoms with van der Waals surface area (Å²) in [6, 6.07) is 0.894. The van der Waals surface area contributed by atoms with E-state index in [2.05, 4.69) is 37.9 Å². The molecule has 0 bridgehead atoms. The van der Waals surface area contributed by atoms with Crippen LogP contribution in [0.4, 0.5) is 0 Å². The monoisotopic (exact) mass is 215 g/mol. The van der Waals surface area contributed by atoms with Gasteiger partial charge in [-0.05, 0) is 26.8 Å². The Morgan fingerprint density at radius 1 is 1.33 bits per heavy atom. The van der Waals surface area contributed by atoms with Crippen LogP contribution in [0.25, 0.3) is 0 Å². The number of carbonyl (C=O) groups excluding carboxylic acids is 1. The predicted octanol–water partition coefficient (Wildman–Crippen LogP) is 0.570. The summed E-state index contributed by atoms with van der Waals surface area (Å²) in [6.07, 6.45) is 1.05. The number of nitrogens with one attached hydrogen (secondary N) is 1. The van der Waals surface area contributed by atoms with Crippen molar-refractivity contribution >= 4 is 5.91 Å². The second-order valence-electron chi connectivity index (χ2n) is 4.49.